The van der Waals surface area contributed by atoms with Crippen molar-refractivity contribution >= 4 is 0 Å². The van der Waals surface area contributed by atoms with E-state index in [-0.39, 0.29) is 0 Å². The van der Waals surface area contributed by atoms with Crippen LogP contribution in [-0.2, 0) is 9.47 Å². The summed E-state index contributed by atoms with van der Waals surface area (Å²) in [5.74, 6) is 0. The molecule has 0 aromatic rings. The van der Waals surface area contributed by atoms with E-state index in [4.69, 9.17) is 9.47 Å². The van der Waals surface area contributed by atoms with Crippen molar-refractivity contribution in [3.05, 3.63) is 24.7 Å². The molecule has 0 aromatic carbocycles. The van der Waals surface area contributed by atoms with E-state index in [9.17, 15) is 0 Å². The molecular formula is C10H16O2. The fraction of sp³-hybridized carbons (Fsp3) is 0.600. The quantitative estimate of drug-likeness (QED) is 0.553. The minimum Gasteiger partial charge on any atom is -0.502 e. The number of rotatable bonds is 0. The van der Waals surface area contributed by atoms with E-state index in [1.807, 2.05) is 12.2 Å². The summed E-state index contributed by atoms with van der Waals surface area (Å²) >= 11 is 0. The second-order valence-electron chi connectivity index (χ2n) is 2.77. The summed E-state index contributed by atoms with van der Waals surface area (Å²) in [6, 6.07) is 0. The maximum absolute atomic E-state index is 4.89. The molecule has 0 radical (unpaired) electrons. The summed E-state index contributed by atoms with van der Waals surface area (Å²) < 4.78 is 9.78. The lowest BCUT2D eigenvalue weighted by atomic mass is 10.3. The third-order valence-electron chi connectivity index (χ3n) is 1.65. The molecule has 0 aromatic heterocycles. The predicted molar refractivity (Wildman–Crippen MR) is 48.7 cm³/mol. The maximum atomic E-state index is 4.89. The summed E-state index contributed by atoms with van der Waals surface area (Å²) in [5, 5.41) is 0. The van der Waals surface area contributed by atoms with Crippen LogP contribution in [0.3, 0.4) is 0 Å². The molecule has 0 fully saturated rings. The molecule has 2 rings (SSSR count). The molecule has 2 heteroatoms. The standard InChI is InChI=1S/2C5H8O/c2*1-2-4-6-5-3-1/h2*2,4H,1,3,5H2. The Morgan fingerprint density at radius 1 is 0.750 bits per heavy atom. The van der Waals surface area contributed by atoms with Gasteiger partial charge in [-0.25, -0.2) is 0 Å². The summed E-state index contributed by atoms with van der Waals surface area (Å²) in [7, 11) is 0. The van der Waals surface area contributed by atoms with E-state index in [1.54, 1.807) is 12.5 Å². The molecule has 0 saturated carbocycles. The van der Waals surface area contributed by atoms with Gasteiger partial charge in [0.25, 0.3) is 0 Å². The fourth-order valence-electron chi connectivity index (χ4n) is 0.977. The highest BCUT2D eigenvalue weighted by atomic mass is 16.5. The lowest BCUT2D eigenvalue weighted by Crippen LogP contribution is -1.90. The van der Waals surface area contributed by atoms with Crippen LogP contribution in [0.1, 0.15) is 25.7 Å². The third-order valence-corrected chi connectivity index (χ3v) is 1.65. The van der Waals surface area contributed by atoms with Crippen LogP contribution in [0.25, 0.3) is 0 Å². The highest BCUT2D eigenvalue weighted by Crippen LogP contribution is 1.98. The lowest BCUT2D eigenvalue weighted by Gasteiger charge is -2.01. The summed E-state index contributed by atoms with van der Waals surface area (Å²) in [4.78, 5) is 0. The first kappa shape index (κ1) is 9.17. The van der Waals surface area contributed by atoms with Gasteiger partial charge in [-0.3, -0.25) is 0 Å². The van der Waals surface area contributed by atoms with Crippen molar-refractivity contribution in [1.29, 1.82) is 0 Å². The molecule has 2 nitrogen and oxygen atoms in total. The van der Waals surface area contributed by atoms with E-state index >= 15 is 0 Å². The molecule has 0 N–H and O–H groups in total. The van der Waals surface area contributed by atoms with Gasteiger partial charge in [0.05, 0.1) is 25.7 Å². The first-order valence-electron chi connectivity index (χ1n) is 4.53. The van der Waals surface area contributed by atoms with Crippen LogP contribution in [0, 0.1) is 0 Å². The van der Waals surface area contributed by atoms with Crippen molar-refractivity contribution in [2.45, 2.75) is 25.7 Å². The minimum atomic E-state index is 0.913. The van der Waals surface area contributed by atoms with Crippen molar-refractivity contribution < 1.29 is 9.47 Å². The average molecular weight is 168 g/mol. The van der Waals surface area contributed by atoms with E-state index in [0.29, 0.717) is 0 Å². The van der Waals surface area contributed by atoms with Gasteiger partial charge in [0.1, 0.15) is 0 Å². The third kappa shape index (κ3) is 4.83. The SMILES string of the molecule is C1=COCCC1.C1=COCCC1. The first-order valence-corrected chi connectivity index (χ1v) is 4.53. The van der Waals surface area contributed by atoms with Gasteiger partial charge < -0.3 is 9.47 Å². The van der Waals surface area contributed by atoms with Crippen LogP contribution >= 0.6 is 0 Å². The maximum Gasteiger partial charge on any atom is 0.0876 e. The second kappa shape index (κ2) is 6.77. The molecule has 0 atom stereocenters. The zero-order valence-corrected chi connectivity index (χ0v) is 7.37. The largest absolute Gasteiger partial charge is 0.502 e. The van der Waals surface area contributed by atoms with Crippen LogP contribution in [0.2, 0.25) is 0 Å². The zero-order chi connectivity index (χ0) is 8.49. The van der Waals surface area contributed by atoms with Gasteiger partial charge in [-0.1, -0.05) is 0 Å². The van der Waals surface area contributed by atoms with Crippen molar-refractivity contribution in [1.82, 2.24) is 0 Å². The average Bonchev–Trinajstić information content (AvgIpc) is 2.24. The van der Waals surface area contributed by atoms with Crippen LogP contribution in [0.15, 0.2) is 24.7 Å². The summed E-state index contributed by atoms with van der Waals surface area (Å²) in [6.45, 7) is 1.83. The molecule has 0 spiro atoms. The molecule has 68 valence electrons. The molecule has 0 unspecified atom stereocenters. The Hall–Kier alpha value is -0.920. The highest BCUT2D eigenvalue weighted by Gasteiger charge is 1.87. The fourth-order valence-corrected chi connectivity index (χ4v) is 0.977. The molecular weight excluding hydrogens is 152 g/mol. The van der Waals surface area contributed by atoms with E-state index in [2.05, 4.69) is 0 Å². The summed E-state index contributed by atoms with van der Waals surface area (Å²) in [5.41, 5.74) is 0. The molecule has 2 heterocycles. The molecule has 0 aliphatic carbocycles. The van der Waals surface area contributed by atoms with Crippen molar-refractivity contribution in [2.75, 3.05) is 13.2 Å². The number of hydrogen-bond donors (Lipinski definition) is 0. The number of allylic oxidation sites excluding steroid dienone is 2. The topological polar surface area (TPSA) is 18.5 Å². The number of ether oxygens (including phenoxy) is 2. The normalized spacial score (nSPS) is 20.0. The van der Waals surface area contributed by atoms with Crippen molar-refractivity contribution in [3.63, 3.8) is 0 Å². The van der Waals surface area contributed by atoms with Gasteiger partial charge in [-0.15, -0.1) is 0 Å². The van der Waals surface area contributed by atoms with Gasteiger partial charge in [-0.2, -0.15) is 0 Å². The molecule has 2 aliphatic rings. The van der Waals surface area contributed by atoms with E-state index < -0.39 is 0 Å². The Balaban J connectivity index is 0.000000120. The molecule has 0 amide bonds. The van der Waals surface area contributed by atoms with E-state index in [1.165, 1.54) is 25.7 Å². The van der Waals surface area contributed by atoms with Gasteiger partial charge in [-0.05, 0) is 37.8 Å². The zero-order valence-electron chi connectivity index (χ0n) is 7.37. The van der Waals surface area contributed by atoms with Gasteiger partial charge in [0, 0.05) is 0 Å². The second-order valence-corrected chi connectivity index (χ2v) is 2.77. The Kier molecular flexibility index (Phi) is 5.17. The molecule has 2 aliphatic heterocycles. The lowest BCUT2D eigenvalue weighted by molar-refractivity contribution is 0.231. The molecule has 12 heavy (non-hydrogen) atoms. The number of hydrogen-bond acceptors (Lipinski definition) is 2. The van der Waals surface area contributed by atoms with Crippen LogP contribution in [0.4, 0.5) is 0 Å². The first-order chi connectivity index (χ1) is 6.00. The Morgan fingerprint density at radius 2 is 1.25 bits per heavy atom. The van der Waals surface area contributed by atoms with Crippen molar-refractivity contribution in [3.8, 4) is 0 Å². The van der Waals surface area contributed by atoms with Gasteiger partial charge >= 0.3 is 0 Å². The van der Waals surface area contributed by atoms with E-state index in [0.717, 1.165) is 13.2 Å². The Morgan fingerprint density at radius 3 is 1.33 bits per heavy atom. The van der Waals surface area contributed by atoms with Crippen molar-refractivity contribution in [2.24, 2.45) is 0 Å². The van der Waals surface area contributed by atoms with Crippen LogP contribution in [0.5, 0.6) is 0 Å². The highest BCUT2D eigenvalue weighted by molar-refractivity contribution is 4.77. The Bertz CT molecular complexity index is 116. The smallest absolute Gasteiger partial charge is 0.0876 e. The van der Waals surface area contributed by atoms with Crippen LogP contribution in [-0.4, -0.2) is 13.2 Å². The Labute approximate surface area is 73.9 Å². The predicted octanol–water partition coefficient (Wildman–Crippen LogP) is 2.62. The minimum absolute atomic E-state index is 0.913. The monoisotopic (exact) mass is 168 g/mol. The van der Waals surface area contributed by atoms with Gasteiger partial charge in [0.15, 0.2) is 0 Å². The molecule has 0 saturated heterocycles. The summed E-state index contributed by atoms with van der Waals surface area (Å²) in [6.07, 6.45) is 12.4. The van der Waals surface area contributed by atoms with Crippen LogP contribution < -0.4 is 0 Å². The molecule has 0 bridgehead atoms. The van der Waals surface area contributed by atoms with Gasteiger partial charge in [0.2, 0.25) is 0 Å².